The van der Waals surface area contributed by atoms with Crippen LogP contribution in [-0.4, -0.2) is 52.8 Å². The molecule has 2 saturated heterocycles. The van der Waals surface area contributed by atoms with E-state index in [4.69, 9.17) is 9.57 Å². The molecule has 2 fully saturated rings. The zero-order valence-corrected chi connectivity index (χ0v) is 13.1. The van der Waals surface area contributed by atoms with Crippen molar-refractivity contribution in [2.24, 2.45) is 0 Å². The third-order valence-corrected chi connectivity index (χ3v) is 3.68. The number of carbonyl (C=O) groups is 2. The van der Waals surface area contributed by atoms with Gasteiger partial charge in [0.05, 0.1) is 13.0 Å². The minimum absolute atomic E-state index is 0.0133. The standard InChI is InChI=1S/C15H24N2O4/c1-5-8-17-12(18)11-15(21-17)6-9-16(10-7-15)13(19)20-14(2,3)4/h5H,1,6-11H2,2-4H3. The molecule has 0 aromatic heterocycles. The van der Waals surface area contributed by atoms with Crippen molar-refractivity contribution in [3.63, 3.8) is 0 Å². The highest BCUT2D eigenvalue weighted by molar-refractivity contribution is 5.78. The van der Waals surface area contributed by atoms with E-state index in [2.05, 4.69) is 6.58 Å². The second-order valence-electron chi connectivity index (χ2n) is 6.66. The zero-order chi connectivity index (χ0) is 15.7. The molecule has 1 spiro atoms. The van der Waals surface area contributed by atoms with Gasteiger partial charge < -0.3 is 9.64 Å². The van der Waals surface area contributed by atoms with Crippen LogP contribution in [0.25, 0.3) is 0 Å². The molecular formula is C15H24N2O4. The van der Waals surface area contributed by atoms with Gasteiger partial charge in [-0.05, 0) is 33.6 Å². The maximum atomic E-state index is 12.0. The Labute approximate surface area is 125 Å². The molecule has 6 nitrogen and oxygen atoms in total. The van der Waals surface area contributed by atoms with Crippen LogP contribution in [0.4, 0.5) is 4.79 Å². The molecule has 0 saturated carbocycles. The monoisotopic (exact) mass is 296 g/mol. The van der Waals surface area contributed by atoms with Crippen LogP contribution >= 0.6 is 0 Å². The molecule has 2 aliphatic rings. The van der Waals surface area contributed by atoms with Crippen molar-refractivity contribution in [3.05, 3.63) is 12.7 Å². The number of rotatable bonds is 2. The minimum atomic E-state index is -0.493. The van der Waals surface area contributed by atoms with E-state index in [0.717, 1.165) is 0 Å². The van der Waals surface area contributed by atoms with E-state index in [-0.39, 0.29) is 12.0 Å². The summed E-state index contributed by atoms with van der Waals surface area (Å²) in [4.78, 5) is 31.4. The molecule has 6 heteroatoms. The van der Waals surface area contributed by atoms with E-state index >= 15 is 0 Å². The van der Waals surface area contributed by atoms with Crippen LogP contribution in [0.3, 0.4) is 0 Å². The maximum Gasteiger partial charge on any atom is 0.410 e. The van der Waals surface area contributed by atoms with Crippen molar-refractivity contribution < 1.29 is 19.2 Å². The molecule has 2 amide bonds. The third-order valence-electron chi connectivity index (χ3n) is 3.68. The Bertz CT molecular complexity index is 433. The van der Waals surface area contributed by atoms with E-state index in [1.165, 1.54) is 5.06 Å². The average molecular weight is 296 g/mol. The predicted molar refractivity (Wildman–Crippen MR) is 77.4 cm³/mol. The van der Waals surface area contributed by atoms with Gasteiger partial charge in [-0.2, -0.15) is 0 Å². The molecule has 2 heterocycles. The first kappa shape index (κ1) is 15.8. The SMILES string of the molecule is C=CCN1OC2(CCN(C(=O)OC(C)(C)C)CC2)CC1=O. The Kier molecular flexibility index (Phi) is 4.27. The van der Waals surface area contributed by atoms with Gasteiger partial charge in [-0.15, -0.1) is 6.58 Å². The van der Waals surface area contributed by atoms with Crippen LogP contribution < -0.4 is 0 Å². The largest absolute Gasteiger partial charge is 0.444 e. The third kappa shape index (κ3) is 3.75. The summed E-state index contributed by atoms with van der Waals surface area (Å²) in [6, 6.07) is 0. The Hall–Kier alpha value is -1.56. The van der Waals surface area contributed by atoms with Crippen LogP contribution in [0.1, 0.15) is 40.0 Å². The van der Waals surface area contributed by atoms with E-state index in [1.54, 1.807) is 11.0 Å². The number of amides is 2. The molecule has 0 bridgehead atoms. The highest BCUT2D eigenvalue weighted by atomic mass is 16.7. The molecule has 0 unspecified atom stereocenters. The molecule has 0 aromatic carbocycles. The minimum Gasteiger partial charge on any atom is -0.444 e. The van der Waals surface area contributed by atoms with Gasteiger partial charge in [0.1, 0.15) is 11.2 Å². The van der Waals surface area contributed by atoms with Crippen LogP contribution in [0.15, 0.2) is 12.7 Å². The number of hydroxylamine groups is 2. The number of ether oxygens (including phenoxy) is 1. The molecule has 21 heavy (non-hydrogen) atoms. The van der Waals surface area contributed by atoms with E-state index in [9.17, 15) is 9.59 Å². The number of piperidine rings is 1. The van der Waals surface area contributed by atoms with Gasteiger partial charge >= 0.3 is 6.09 Å². The fraction of sp³-hybridized carbons (Fsp3) is 0.733. The quantitative estimate of drug-likeness (QED) is 0.732. The molecule has 0 N–H and O–H groups in total. The number of nitrogens with zero attached hydrogens (tertiary/aromatic N) is 2. The fourth-order valence-corrected chi connectivity index (χ4v) is 2.63. The second kappa shape index (κ2) is 5.67. The first-order valence-electron chi connectivity index (χ1n) is 7.33. The Morgan fingerprint density at radius 1 is 1.43 bits per heavy atom. The summed E-state index contributed by atoms with van der Waals surface area (Å²) in [6.07, 6.45) is 3.01. The van der Waals surface area contributed by atoms with Crippen molar-refractivity contribution >= 4 is 12.0 Å². The molecule has 2 rings (SSSR count). The molecule has 0 aliphatic carbocycles. The Morgan fingerprint density at radius 2 is 2.05 bits per heavy atom. The number of likely N-dealkylation sites (tertiary alicyclic amines) is 1. The van der Waals surface area contributed by atoms with Crippen molar-refractivity contribution in [1.82, 2.24) is 9.96 Å². The zero-order valence-electron chi connectivity index (χ0n) is 13.1. The first-order chi connectivity index (χ1) is 9.75. The van der Waals surface area contributed by atoms with Crippen LogP contribution in [-0.2, 0) is 14.4 Å². The molecule has 0 atom stereocenters. The molecule has 2 aliphatic heterocycles. The maximum absolute atomic E-state index is 12.0. The summed E-state index contributed by atoms with van der Waals surface area (Å²) in [6.45, 7) is 10.7. The smallest absolute Gasteiger partial charge is 0.410 e. The Balaban J connectivity index is 1.90. The van der Waals surface area contributed by atoms with Crippen molar-refractivity contribution in [2.45, 2.75) is 51.2 Å². The molecule has 118 valence electrons. The van der Waals surface area contributed by atoms with Crippen molar-refractivity contribution in [2.75, 3.05) is 19.6 Å². The van der Waals surface area contributed by atoms with E-state index < -0.39 is 11.2 Å². The Morgan fingerprint density at radius 3 is 2.57 bits per heavy atom. The summed E-state index contributed by atoms with van der Waals surface area (Å²) in [5, 5.41) is 1.37. The van der Waals surface area contributed by atoms with Crippen LogP contribution in [0.2, 0.25) is 0 Å². The lowest BCUT2D eigenvalue weighted by atomic mass is 9.89. The predicted octanol–water partition coefficient (Wildman–Crippen LogP) is 2.11. The van der Waals surface area contributed by atoms with Gasteiger partial charge in [-0.1, -0.05) is 6.08 Å². The number of carbonyl (C=O) groups excluding carboxylic acids is 2. The van der Waals surface area contributed by atoms with Gasteiger partial charge in [-0.3, -0.25) is 9.63 Å². The van der Waals surface area contributed by atoms with E-state index in [1.807, 2.05) is 20.8 Å². The van der Waals surface area contributed by atoms with Crippen molar-refractivity contribution in [1.29, 1.82) is 0 Å². The summed E-state index contributed by atoms with van der Waals surface area (Å²) < 4.78 is 5.36. The van der Waals surface area contributed by atoms with Gasteiger partial charge in [0, 0.05) is 13.1 Å². The van der Waals surface area contributed by atoms with Gasteiger partial charge in [0.25, 0.3) is 0 Å². The van der Waals surface area contributed by atoms with Gasteiger partial charge in [0.2, 0.25) is 5.91 Å². The fourth-order valence-electron chi connectivity index (χ4n) is 2.63. The number of hydrogen-bond donors (Lipinski definition) is 0. The van der Waals surface area contributed by atoms with Gasteiger partial charge in [0.15, 0.2) is 0 Å². The summed E-state index contributed by atoms with van der Waals surface area (Å²) in [5.41, 5.74) is -0.953. The topological polar surface area (TPSA) is 59.1 Å². The molecule has 0 radical (unpaired) electrons. The first-order valence-corrected chi connectivity index (χ1v) is 7.33. The highest BCUT2D eigenvalue weighted by Crippen LogP contribution is 2.36. The van der Waals surface area contributed by atoms with Crippen LogP contribution in [0, 0.1) is 0 Å². The van der Waals surface area contributed by atoms with E-state index in [0.29, 0.717) is 38.9 Å². The summed E-state index contributed by atoms with van der Waals surface area (Å²) in [5.74, 6) is -0.0133. The highest BCUT2D eigenvalue weighted by Gasteiger charge is 2.47. The number of hydrogen-bond acceptors (Lipinski definition) is 4. The summed E-state index contributed by atoms with van der Waals surface area (Å²) >= 11 is 0. The van der Waals surface area contributed by atoms with Gasteiger partial charge in [-0.25, -0.2) is 9.86 Å². The normalized spacial score (nSPS) is 21.8. The lowest BCUT2D eigenvalue weighted by Crippen LogP contribution is -2.48. The van der Waals surface area contributed by atoms with Crippen molar-refractivity contribution in [3.8, 4) is 0 Å². The average Bonchev–Trinajstić information content (AvgIpc) is 2.65. The second-order valence-corrected chi connectivity index (χ2v) is 6.66. The lowest BCUT2D eigenvalue weighted by Gasteiger charge is -2.38. The molecular weight excluding hydrogens is 272 g/mol. The lowest BCUT2D eigenvalue weighted by molar-refractivity contribution is -0.204. The summed E-state index contributed by atoms with van der Waals surface area (Å²) in [7, 11) is 0. The molecule has 0 aromatic rings. The van der Waals surface area contributed by atoms with Crippen LogP contribution in [0.5, 0.6) is 0 Å².